The summed E-state index contributed by atoms with van der Waals surface area (Å²) in [6, 6.07) is 6.86. The molecule has 0 aliphatic heterocycles. The molecule has 0 fully saturated rings. The Morgan fingerprint density at radius 1 is 1.33 bits per heavy atom. The van der Waals surface area contributed by atoms with Crippen molar-refractivity contribution in [2.24, 2.45) is 0 Å². The zero-order valence-electron chi connectivity index (χ0n) is 13.1. The van der Waals surface area contributed by atoms with Crippen molar-refractivity contribution in [2.45, 2.75) is 24.1 Å². The minimum atomic E-state index is -3.59. The van der Waals surface area contributed by atoms with Gasteiger partial charge in [0.05, 0.1) is 16.1 Å². The standard InChI is InChI=1S/C15H16ClN3O2S3/c1-10-7-11(2)19(18-10)13(12-5-6-22-9-12)8-17-24(20,21)15-4-3-14(16)23-15/h3-7,9,13,17H,8H2,1-2H3. The second-order valence-corrected chi connectivity index (χ2v) is 9.84. The number of aromatic nitrogens is 2. The number of thiophene rings is 2. The second kappa shape index (κ2) is 6.97. The van der Waals surface area contributed by atoms with Gasteiger partial charge in [-0.05, 0) is 54.4 Å². The SMILES string of the molecule is Cc1cc(C)n(C(CNS(=O)(=O)c2ccc(Cl)s2)c2ccsc2)n1. The van der Waals surface area contributed by atoms with Crippen molar-refractivity contribution >= 4 is 44.3 Å². The Labute approximate surface area is 154 Å². The van der Waals surface area contributed by atoms with E-state index in [2.05, 4.69) is 9.82 Å². The minimum absolute atomic E-state index is 0.199. The molecule has 3 aromatic rings. The molecule has 1 unspecified atom stereocenters. The molecule has 128 valence electrons. The van der Waals surface area contributed by atoms with Crippen LogP contribution in [0.2, 0.25) is 4.34 Å². The zero-order valence-corrected chi connectivity index (χ0v) is 16.3. The lowest BCUT2D eigenvalue weighted by atomic mass is 10.1. The Balaban J connectivity index is 1.87. The van der Waals surface area contributed by atoms with Crippen LogP contribution in [0.15, 0.2) is 39.2 Å². The monoisotopic (exact) mass is 401 g/mol. The Morgan fingerprint density at radius 2 is 2.12 bits per heavy atom. The van der Waals surface area contributed by atoms with Crippen LogP contribution in [0.25, 0.3) is 0 Å². The molecule has 0 aliphatic rings. The summed E-state index contributed by atoms with van der Waals surface area (Å²) < 4.78 is 30.1. The van der Waals surface area contributed by atoms with Gasteiger partial charge in [0, 0.05) is 12.2 Å². The van der Waals surface area contributed by atoms with Crippen molar-refractivity contribution in [2.75, 3.05) is 6.54 Å². The average molecular weight is 402 g/mol. The summed E-state index contributed by atoms with van der Waals surface area (Å²) in [7, 11) is -3.59. The van der Waals surface area contributed by atoms with Gasteiger partial charge >= 0.3 is 0 Å². The van der Waals surface area contributed by atoms with Gasteiger partial charge in [0.1, 0.15) is 4.21 Å². The van der Waals surface area contributed by atoms with E-state index >= 15 is 0 Å². The van der Waals surface area contributed by atoms with Crippen LogP contribution in [-0.2, 0) is 10.0 Å². The van der Waals surface area contributed by atoms with Crippen LogP contribution < -0.4 is 4.72 Å². The van der Waals surface area contributed by atoms with Crippen molar-refractivity contribution in [1.82, 2.24) is 14.5 Å². The number of hydrogen-bond donors (Lipinski definition) is 1. The molecule has 5 nitrogen and oxygen atoms in total. The van der Waals surface area contributed by atoms with E-state index in [0.29, 0.717) is 4.34 Å². The van der Waals surface area contributed by atoms with Crippen LogP contribution in [0, 0.1) is 13.8 Å². The highest BCUT2D eigenvalue weighted by Crippen LogP contribution is 2.27. The van der Waals surface area contributed by atoms with Crippen LogP contribution >= 0.6 is 34.3 Å². The van der Waals surface area contributed by atoms with Crippen molar-refractivity contribution in [3.8, 4) is 0 Å². The fourth-order valence-electron chi connectivity index (χ4n) is 2.47. The number of sulfonamides is 1. The number of aryl methyl sites for hydroxylation is 2. The Bertz CT molecular complexity index is 929. The maximum atomic E-state index is 12.5. The molecular weight excluding hydrogens is 386 g/mol. The van der Waals surface area contributed by atoms with Crippen LogP contribution in [0.5, 0.6) is 0 Å². The normalized spacial score (nSPS) is 13.3. The zero-order chi connectivity index (χ0) is 17.3. The second-order valence-electron chi connectivity index (χ2n) is 5.35. The fraction of sp³-hybridized carbons (Fsp3) is 0.267. The number of hydrogen-bond acceptors (Lipinski definition) is 5. The Morgan fingerprint density at radius 3 is 2.67 bits per heavy atom. The molecule has 0 aliphatic carbocycles. The predicted molar refractivity (Wildman–Crippen MR) is 98.7 cm³/mol. The first-order chi connectivity index (χ1) is 11.4. The lowest BCUT2D eigenvalue weighted by molar-refractivity contribution is 0.495. The number of nitrogens with zero attached hydrogens (tertiary/aromatic N) is 2. The van der Waals surface area contributed by atoms with Crippen molar-refractivity contribution in [3.05, 3.63) is 56.3 Å². The van der Waals surface area contributed by atoms with Crippen molar-refractivity contribution in [3.63, 3.8) is 0 Å². The molecule has 0 radical (unpaired) electrons. The number of rotatable bonds is 6. The van der Waals surface area contributed by atoms with Crippen LogP contribution in [0.4, 0.5) is 0 Å². The Kier molecular flexibility index (Phi) is 5.12. The first-order valence-electron chi connectivity index (χ1n) is 7.16. The van der Waals surface area contributed by atoms with Gasteiger partial charge < -0.3 is 0 Å². The molecule has 1 atom stereocenters. The largest absolute Gasteiger partial charge is 0.261 e. The van der Waals surface area contributed by atoms with Gasteiger partial charge in [-0.1, -0.05) is 11.6 Å². The van der Waals surface area contributed by atoms with E-state index in [0.717, 1.165) is 28.3 Å². The van der Waals surface area contributed by atoms with Gasteiger partial charge in [0.25, 0.3) is 0 Å². The van der Waals surface area contributed by atoms with E-state index in [9.17, 15) is 8.42 Å². The first-order valence-corrected chi connectivity index (χ1v) is 10.8. The molecule has 3 rings (SSSR count). The van der Waals surface area contributed by atoms with E-state index in [-0.39, 0.29) is 16.8 Å². The highest BCUT2D eigenvalue weighted by atomic mass is 35.5. The summed E-state index contributed by atoms with van der Waals surface area (Å²) in [4.78, 5) is 0. The average Bonchev–Trinajstić information content (AvgIpc) is 3.22. The quantitative estimate of drug-likeness (QED) is 0.682. The van der Waals surface area contributed by atoms with Crippen LogP contribution in [0.1, 0.15) is 23.0 Å². The molecule has 0 bridgehead atoms. The molecule has 3 aromatic heterocycles. The summed E-state index contributed by atoms with van der Waals surface area (Å²) >= 11 is 8.46. The van der Waals surface area contributed by atoms with Gasteiger partial charge in [0.2, 0.25) is 10.0 Å². The maximum Gasteiger partial charge on any atom is 0.250 e. The summed E-state index contributed by atoms with van der Waals surface area (Å²) in [5.74, 6) is 0. The molecule has 0 spiro atoms. The number of nitrogens with one attached hydrogen (secondary N) is 1. The first kappa shape index (κ1) is 17.6. The fourth-order valence-corrected chi connectivity index (χ4v) is 5.75. The van der Waals surface area contributed by atoms with Gasteiger partial charge in [-0.2, -0.15) is 16.4 Å². The van der Waals surface area contributed by atoms with E-state index in [4.69, 9.17) is 11.6 Å². The van der Waals surface area contributed by atoms with Crippen LogP contribution in [0.3, 0.4) is 0 Å². The van der Waals surface area contributed by atoms with Crippen molar-refractivity contribution in [1.29, 1.82) is 0 Å². The summed E-state index contributed by atoms with van der Waals surface area (Å²) in [6.07, 6.45) is 0. The van der Waals surface area contributed by atoms with E-state index in [1.54, 1.807) is 17.4 Å². The number of halogens is 1. The van der Waals surface area contributed by atoms with E-state index in [1.165, 1.54) is 6.07 Å². The van der Waals surface area contributed by atoms with Gasteiger partial charge in [0.15, 0.2) is 0 Å². The van der Waals surface area contributed by atoms with E-state index < -0.39 is 10.0 Å². The summed E-state index contributed by atoms with van der Waals surface area (Å²) in [5, 5.41) is 8.50. The van der Waals surface area contributed by atoms with Gasteiger partial charge in [-0.3, -0.25) is 4.68 Å². The molecule has 1 N–H and O–H groups in total. The topological polar surface area (TPSA) is 64.0 Å². The minimum Gasteiger partial charge on any atom is -0.261 e. The molecule has 0 saturated carbocycles. The van der Waals surface area contributed by atoms with Gasteiger partial charge in [-0.15, -0.1) is 11.3 Å². The third kappa shape index (κ3) is 3.73. The highest BCUT2D eigenvalue weighted by Gasteiger charge is 2.22. The molecule has 0 aromatic carbocycles. The molecular formula is C15H16ClN3O2S3. The predicted octanol–water partition coefficient (Wildman–Crippen LogP) is 3.84. The smallest absolute Gasteiger partial charge is 0.250 e. The van der Waals surface area contributed by atoms with Crippen LogP contribution in [-0.4, -0.2) is 24.7 Å². The molecule has 0 amide bonds. The molecule has 24 heavy (non-hydrogen) atoms. The van der Waals surface area contributed by atoms with Crippen molar-refractivity contribution < 1.29 is 8.42 Å². The third-order valence-corrected chi connectivity index (χ3v) is 7.40. The molecule has 9 heteroatoms. The third-order valence-electron chi connectivity index (χ3n) is 3.55. The summed E-state index contributed by atoms with van der Waals surface area (Å²) in [5.41, 5.74) is 2.92. The van der Waals surface area contributed by atoms with E-state index in [1.807, 2.05) is 41.4 Å². The molecule has 3 heterocycles. The highest BCUT2D eigenvalue weighted by molar-refractivity contribution is 7.91. The lowest BCUT2D eigenvalue weighted by Gasteiger charge is -2.19. The molecule has 0 saturated heterocycles. The maximum absolute atomic E-state index is 12.5. The lowest BCUT2D eigenvalue weighted by Crippen LogP contribution is -2.31. The Hall–Kier alpha value is -1.19. The van der Waals surface area contributed by atoms with Gasteiger partial charge in [-0.25, -0.2) is 13.1 Å². The summed E-state index contributed by atoms with van der Waals surface area (Å²) in [6.45, 7) is 4.11.